The summed E-state index contributed by atoms with van der Waals surface area (Å²) in [5, 5.41) is 0. The van der Waals surface area contributed by atoms with E-state index >= 15 is 0 Å². The summed E-state index contributed by atoms with van der Waals surface area (Å²) in [5.74, 6) is -1.60. The second-order valence-corrected chi connectivity index (χ2v) is 8.00. The molecule has 138 valence electrons. The molecule has 3 atom stereocenters. The molecule has 9 heteroatoms. The minimum Gasteiger partial charge on any atom is -0.449 e. The van der Waals surface area contributed by atoms with E-state index in [0.29, 0.717) is 0 Å². The van der Waals surface area contributed by atoms with Crippen molar-refractivity contribution in [3.63, 3.8) is 0 Å². The molecule has 0 aromatic heterocycles. The summed E-state index contributed by atoms with van der Waals surface area (Å²) in [7, 11) is -3.77. The third-order valence-electron chi connectivity index (χ3n) is 3.78. The Morgan fingerprint density at radius 3 is 2.44 bits per heavy atom. The van der Waals surface area contributed by atoms with Crippen LogP contribution in [0.1, 0.15) is 31.1 Å². The van der Waals surface area contributed by atoms with Crippen LogP contribution in [0.2, 0.25) is 0 Å². The summed E-state index contributed by atoms with van der Waals surface area (Å²) in [6, 6.07) is 5.51. The van der Waals surface area contributed by atoms with Crippen molar-refractivity contribution in [1.29, 1.82) is 0 Å². The maximum atomic E-state index is 12.8. The minimum absolute atomic E-state index is 0.0185. The number of benzene rings is 1. The molecule has 0 aliphatic carbocycles. The second kappa shape index (κ2) is 7.51. The molecule has 8 nitrogen and oxygen atoms in total. The van der Waals surface area contributed by atoms with Crippen molar-refractivity contribution in [2.75, 3.05) is 13.1 Å². The van der Waals surface area contributed by atoms with Crippen molar-refractivity contribution in [3.05, 3.63) is 29.8 Å². The minimum atomic E-state index is -3.77. The molecule has 25 heavy (non-hydrogen) atoms. The Balaban J connectivity index is 2.25. The predicted octanol–water partition coefficient (Wildman–Crippen LogP) is 0.515. The van der Waals surface area contributed by atoms with Gasteiger partial charge in [0.05, 0.1) is 22.7 Å². The van der Waals surface area contributed by atoms with E-state index in [1.807, 2.05) is 0 Å². The fraction of sp³-hybridized carbons (Fsp3) is 0.500. The number of hydrogen-bond donors (Lipinski definition) is 1. The zero-order chi connectivity index (χ0) is 18.8. The molecule has 0 radical (unpaired) electrons. The Hall–Kier alpha value is -1.97. The number of carbonyl (C=O) groups is 2. The molecular weight excluding hydrogens is 348 g/mol. The summed E-state index contributed by atoms with van der Waals surface area (Å²) in [6.45, 7) is 5.42. The fourth-order valence-corrected chi connectivity index (χ4v) is 4.18. The molecule has 0 bridgehead atoms. The number of nitrogens with zero attached hydrogens (tertiary/aromatic N) is 1. The average Bonchev–Trinajstić information content (AvgIpc) is 2.53. The molecule has 1 heterocycles. The number of hydrogen-bond acceptors (Lipinski definition) is 6. The van der Waals surface area contributed by atoms with Crippen LogP contribution in [0.15, 0.2) is 29.2 Å². The zero-order valence-corrected chi connectivity index (χ0v) is 15.2. The molecule has 0 unspecified atom stereocenters. The van der Waals surface area contributed by atoms with Gasteiger partial charge in [-0.1, -0.05) is 6.07 Å². The van der Waals surface area contributed by atoms with E-state index in [9.17, 15) is 18.0 Å². The topological polar surface area (TPSA) is 116 Å². The third kappa shape index (κ3) is 4.56. The van der Waals surface area contributed by atoms with Gasteiger partial charge in [0.25, 0.3) is 5.91 Å². The molecule has 0 saturated carbocycles. The molecule has 2 rings (SSSR count). The average molecular weight is 370 g/mol. The van der Waals surface area contributed by atoms with Crippen LogP contribution in [0.3, 0.4) is 0 Å². The Bertz CT molecular complexity index is 754. The lowest BCUT2D eigenvalue weighted by Gasteiger charge is -2.34. The highest BCUT2D eigenvalue weighted by Gasteiger charge is 2.32. The van der Waals surface area contributed by atoms with Gasteiger partial charge in [-0.15, -0.1) is 0 Å². The highest BCUT2D eigenvalue weighted by molar-refractivity contribution is 7.89. The Kier molecular flexibility index (Phi) is 5.81. The third-order valence-corrected chi connectivity index (χ3v) is 5.61. The van der Waals surface area contributed by atoms with E-state index < -0.39 is 28.0 Å². The molecule has 1 amide bonds. The number of primary amides is 1. The van der Waals surface area contributed by atoms with Crippen LogP contribution in [0, 0.1) is 0 Å². The van der Waals surface area contributed by atoms with E-state index in [1.165, 1.54) is 35.5 Å². The molecule has 2 N–H and O–H groups in total. The maximum Gasteiger partial charge on any atom is 0.338 e. The summed E-state index contributed by atoms with van der Waals surface area (Å²) in [6.07, 6.45) is -1.54. The van der Waals surface area contributed by atoms with Gasteiger partial charge >= 0.3 is 5.97 Å². The molecule has 1 fully saturated rings. The number of ether oxygens (including phenoxy) is 2. The maximum absolute atomic E-state index is 12.8. The largest absolute Gasteiger partial charge is 0.449 e. The van der Waals surface area contributed by atoms with Gasteiger partial charge in [-0.2, -0.15) is 4.31 Å². The van der Waals surface area contributed by atoms with E-state index in [1.54, 1.807) is 13.8 Å². The molecule has 1 aromatic rings. The van der Waals surface area contributed by atoms with Gasteiger partial charge in [-0.05, 0) is 39.0 Å². The molecule has 1 aliphatic rings. The van der Waals surface area contributed by atoms with Crippen molar-refractivity contribution < 1.29 is 27.5 Å². The summed E-state index contributed by atoms with van der Waals surface area (Å²) in [5.41, 5.74) is 5.09. The van der Waals surface area contributed by atoms with E-state index in [4.69, 9.17) is 15.2 Å². The van der Waals surface area contributed by atoms with Crippen LogP contribution in [-0.2, 0) is 24.3 Å². The lowest BCUT2D eigenvalue weighted by atomic mass is 10.2. The number of morpholine rings is 1. The zero-order valence-electron chi connectivity index (χ0n) is 14.3. The van der Waals surface area contributed by atoms with Gasteiger partial charge < -0.3 is 15.2 Å². The van der Waals surface area contributed by atoms with Crippen LogP contribution >= 0.6 is 0 Å². The first kappa shape index (κ1) is 19.4. The lowest BCUT2D eigenvalue weighted by Crippen LogP contribution is -2.48. The Labute approximate surface area is 146 Å². The summed E-state index contributed by atoms with van der Waals surface area (Å²) >= 11 is 0. The van der Waals surface area contributed by atoms with Crippen LogP contribution < -0.4 is 5.73 Å². The highest BCUT2D eigenvalue weighted by Crippen LogP contribution is 2.22. The van der Waals surface area contributed by atoms with Gasteiger partial charge in [-0.25, -0.2) is 13.2 Å². The number of rotatable bonds is 5. The van der Waals surface area contributed by atoms with E-state index in [0.717, 1.165) is 0 Å². The number of amides is 1. The second-order valence-electron chi connectivity index (χ2n) is 6.06. The van der Waals surface area contributed by atoms with Gasteiger partial charge in [0, 0.05) is 13.1 Å². The first-order chi connectivity index (χ1) is 11.6. The van der Waals surface area contributed by atoms with E-state index in [-0.39, 0.29) is 35.8 Å². The Morgan fingerprint density at radius 1 is 1.28 bits per heavy atom. The number of sulfonamides is 1. The van der Waals surface area contributed by atoms with Crippen LogP contribution in [-0.4, -0.2) is 56.0 Å². The molecule has 1 aromatic carbocycles. The molecule has 0 spiro atoms. The molecule has 1 aliphatic heterocycles. The Morgan fingerprint density at radius 2 is 1.88 bits per heavy atom. The van der Waals surface area contributed by atoms with Crippen molar-refractivity contribution in [1.82, 2.24) is 4.31 Å². The van der Waals surface area contributed by atoms with Crippen LogP contribution in [0.4, 0.5) is 0 Å². The molecular formula is C16H22N2O6S. The van der Waals surface area contributed by atoms with Crippen molar-refractivity contribution in [2.24, 2.45) is 5.73 Å². The summed E-state index contributed by atoms with van der Waals surface area (Å²) in [4.78, 5) is 23.0. The first-order valence-electron chi connectivity index (χ1n) is 7.87. The monoisotopic (exact) mass is 370 g/mol. The molecule has 1 saturated heterocycles. The SMILES string of the molecule is C[C@@H]1CN(S(=O)(=O)c2cccc(C(=O)O[C@@H](C)C(N)=O)c2)C[C@@H](C)O1. The normalized spacial score (nSPS) is 23.0. The number of esters is 1. The smallest absolute Gasteiger partial charge is 0.338 e. The van der Waals surface area contributed by atoms with E-state index in [2.05, 4.69) is 0 Å². The number of carbonyl (C=O) groups excluding carboxylic acids is 2. The van der Waals surface area contributed by atoms with Crippen molar-refractivity contribution in [2.45, 2.75) is 44.0 Å². The van der Waals surface area contributed by atoms with Crippen molar-refractivity contribution >= 4 is 21.9 Å². The van der Waals surface area contributed by atoms with Gasteiger partial charge in [0.1, 0.15) is 0 Å². The van der Waals surface area contributed by atoms with Crippen LogP contribution in [0.5, 0.6) is 0 Å². The van der Waals surface area contributed by atoms with Crippen LogP contribution in [0.25, 0.3) is 0 Å². The highest BCUT2D eigenvalue weighted by atomic mass is 32.2. The lowest BCUT2D eigenvalue weighted by molar-refractivity contribution is -0.125. The quantitative estimate of drug-likeness (QED) is 0.755. The fourth-order valence-electron chi connectivity index (χ4n) is 2.55. The standard InChI is InChI=1S/C16H22N2O6S/c1-10-8-18(9-11(2)23-10)25(21,22)14-6-4-5-13(7-14)16(20)24-12(3)15(17)19/h4-7,10-12H,8-9H2,1-3H3,(H2,17,19)/t10-,11-,12+/m1/s1. The summed E-state index contributed by atoms with van der Waals surface area (Å²) < 4.78 is 37.4. The first-order valence-corrected chi connectivity index (χ1v) is 9.31. The predicted molar refractivity (Wildman–Crippen MR) is 89.3 cm³/mol. The van der Waals surface area contributed by atoms with Gasteiger partial charge in [-0.3, -0.25) is 4.79 Å². The van der Waals surface area contributed by atoms with Gasteiger partial charge in [0.2, 0.25) is 10.0 Å². The van der Waals surface area contributed by atoms with Crippen molar-refractivity contribution in [3.8, 4) is 0 Å². The van der Waals surface area contributed by atoms with Gasteiger partial charge in [0.15, 0.2) is 6.10 Å². The number of nitrogens with two attached hydrogens (primary N) is 1.